The molecule has 3 fully saturated rings. The van der Waals surface area contributed by atoms with E-state index in [9.17, 15) is 28.5 Å². The Balaban J connectivity index is 1.16. The Morgan fingerprint density at radius 3 is 2.51 bits per heavy atom. The topological polar surface area (TPSA) is 267 Å². The molecular weight excluding hydrogens is 618 g/mol. The molecule has 4 aliphatic heterocycles. The van der Waals surface area contributed by atoms with Gasteiger partial charge in [-0.15, -0.1) is 0 Å². The molecule has 8 atom stereocenters. The summed E-state index contributed by atoms with van der Waals surface area (Å²) in [6, 6.07) is 0. The lowest BCUT2D eigenvalue weighted by Gasteiger charge is -2.25. The summed E-state index contributed by atoms with van der Waals surface area (Å²) < 4.78 is 62.2. The third-order valence-corrected chi connectivity index (χ3v) is 9.27. The number of rotatable bonds is 2. The maximum atomic E-state index is 13.1. The van der Waals surface area contributed by atoms with E-state index in [1.54, 1.807) is 0 Å². The first-order chi connectivity index (χ1) is 20.5. The molecule has 0 aliphatic carbocycles. The lowest BCUT2D eigenvalue weighted by atomic mass is 10.2. The molecule has 3 aromatic rings. The molecule has 7 rings (SSSR count). The maximum absolute atomic E-state index is 13.1. The van der Waals surface area contributed by atoms with Crippen molar-refractivity contribution in [2.24, 2.45) is 4.99 Å². The van der Waals surface area contributed by atoms with Crippen molar-refractivity contribution < 1.29 is 51.3 Å². The Kier molecular flexibility index (Phi) is 6.97. The number of anilines is 1. The minimum atomic E-state index is -4.83. The number of fused-ring (bicyclic) bond motifs is 5. The highest BCUT2D eigenvalue weighted by Crippen LogP contribution is 2.53. The lowest BCUT2D eigenvalue weighted by molar-refractivity contribution is -0.0669. The number of nitrogens with zero attached hydrogens (tertiary/aromatic N) is 6. The van der Waals surface area contributed by atoms with Crippen LogP contribution in [0.1, 0.15) is 42.2 Å². The van der Waals surface area contributed by atoms with Crippen LogP contribution in [0.3, 0.4) is 0 Å². The van der Waals surface area contributed by atoms with Crippen LogP contribution in [0.25, 0.3) is 11.2 Å². The van der Waals surface area contributed by atoms with E-state index in [0.29, 0.717) is 0 Å². The number of phosphoric acid groups is 2. The number of H-pyrrole nitrogens is 1. The number of imidazole rings is 2. The fraction of sp³-hybridized carbons (Fsp3) is 0.524. The number of phosphoric ester groups is 2. The Morgan fingerprint density at radius 1 is 0.953 bits per heavy atom. The quantitative estimate of drug-likeness (QED) is 0.277. The van der Waals surface area contributed by atoms with Gasteiger partial charge in [0, 0.05) is 25.5 Å². The van der Waals surface area contributed by atoms with E-state index in [0.717, 1.165) is 0 Å². The molecule has 0 amide bonds. The van der Waals surface area contributed by atoms with Crippen molar-refractivity contribution in [3.05, 3.63) is 28.7 Å². The van der Waals surface area contributed by atoms with Gasteiger partial charge in [0.05, 0.1) is 32.0 Å². The van der Waals surface area contributed by atoms with Gasteiger partial charge in [0.2, 0.25) is 5.95 Å². The summed E-state index contributed by atoms with van der Waals surface area (Å²) in [6.45, 7) is -1.08. The molecule has 0 aromatic carbocycles. The number of carbonyl (C=O) groups is 1. The number of ketones is 1. The average Bonchev–Trinajstić information content (AvgIpc) is 3.71. The Hall–Kier alpha value is -3.16. The summed E-state index contributed by atoms with van der Waals surface area (Å²) >= 11 is 0. The van der Waals surface area contributed by atoms with Gasteiger partial charge in [0.1, 0.15) is 24.5 Å². The summed E-state index contributed by atoms with van der Waals surface area (Å²) in [4.78, 5) is 64.4. The average molecular weight is 642 g/mol. The minimum absolute atomic E-state index is 0.00773. The van der Waals surface area contributed by atoms with Crippen LogP contribution in [0.15, 0.2) is 22.4 Å². The predicted octanol–water partition coefficient (Wildman–Crippen LogP) is 0.480. The van der Waals surface area contributed by atoms with Crippen molar-refractivity contribution >= 4 is 50.6 Å². The van der Waals surface area contributed by atoms with Gasteiger partial charge in [-0.3, -0.25) is 41.8 Å². The molecule has 7 heterocycles. The molecule has 2 bridgehead atoms. The Morgan fingerprint density at radius 2 is 1.70 bits per heavy atom. The van der Waals surface area contributed by atoms with Crippen molar-refractivity contribution in [1.29, 1.82) is 0 Å². The van der Waals surface area contributed by atoms with Crippen LogP contribution < -0.4 is 11.3 Å². The number of hydrogen-bond acceptors (Lipinski definition) is 15. The zero-order chi connectivity index (χ0) is 30.1. The molecule has 5 N–H and O–H groups in total. The van der Waals surface area contributed by atoms with E-state index in [4.69, 9.17) is 33.3 Å². The van der Waals surface area contributed by atoms with Gasteiger partial charge in [-0.05, 0) is 0 Å². The van der Waals surface area contributed by atoms with E-state index in [2.05, 4.69) is 24.9 Å². The molecule has 3 aromatic heterocycles. The SMILES string of the molecule is Nc1nc2c(ncn2[C@@H]2O[C@@H]3COP(=O)(O)O[C@H]4C[C@H](n5cnc6c5N=CCC6=O)O[C@@H]4COP(=O)(O)O[C@@H]2C3)c(=O)[nH]1. The molecule has 230 valence electrons. The van der Waals surface area contributed by atoms with Crippen LogP contribution >= 0.6 is 15.6 Å². The Bertz CT molecular complexity index is 1790. The number of hydrogen-bond donors (Lipinski definition) is 4. The van der Waals surface area contributed by atoms with Crippen molar-refractivity contribution in [3.8, 4) is 0 Å². The number of Topliss-reactive ketones (excluding diaryl/α,β-unsaturated/α-hetero) is 1. The van der Waals surface area contributed by atoms with E-state index in [-0.39, 0.29) is 53.7 Å². The molecule has 4 aliphatic rings. The van der Waals surface area contributed by atoms with Gasteiger partial charge < -0.3 is 25.0 Å². The van der Waals surface area contributed by atoms with E-state index in [1.807, 2.05) is 0 Å². The molecular formula is C21H24N8O12P2. The number of aromatic amines is 1. The highest BCUT2D eigenvalue weighted by molar-refractivity contribution is 7.47. The van der Waals surface area contributed by atoms with Gasteiger partial charge in [0.15, 0.2) is 34.7 Å². The zero-order valence-electron chi connectivity index (χ0n) is 21.9. The monoisotopic (exact) mass is 642 g/mol. The van der Waals surface area contributed by atoms with E-state index >= 15 is 0 Å². The molecule has 0 radical (unpaired) electrons. The third kappa shape index (κ3) is 5.40. The number of nitrogens with one attached hydrogen (secondary N) is 1. The van der Waals surface area contributed by atoms with Crippen molar-refractivity contribution in [3.63, 3.8) is 0 Å². The molecule has 22 heteroatoms. The molecule has 2 unspecified atom stereocenters. The van der Waals surface area contributed by atoms with Crippen molar-refractivity contribution in [1.82, 2.24) is 29.1 Å². The number of aromatic nitrogens is 6. The number of aliphatic imine (C=N–C) groups is 1. The number of nitrogen functional groups attached to an aromatic ring is 1. The van der Waals surface area contributed by atoms with Crippen LogP contribution in [0.2, 0.25) is 0 Å². The molecule has 0 saturated carbocycles. The summed E-state index contributed by atoms with van der Waals surface area (Å²) in [6.07, 6.45) is -2.55. The van der Waals surface area contributed by atoms with E-state index < -0.39 is 71.3 Å². The zero-order valence-corrected chi connectivity index (χ0v) is 23.7. The molecule has 3 saturated heterocycles. The second-order valence-corrected chi connectivity index (χ2v) is 12.9. The van der Waals surface area contributed by atoms with Gasteiger partial charge in [0.25, 0.3) is 5.56 Å². The maximum Gasteiger partial charge on any atom is 0.472 e. The highest BCUT2D eigenvalue weighted by atomic mass is 31.2. The fourth-order valence-electron chi connectivity index (χ4n) is 5.37. The van der Waals surface area contributed by atoms with Gasteiger partial charge in [-0.25, -0.2) is 24.1 Å². The first-order valence-electron chi connectivity index (χ1n) is 12.9. The van der Waals surface area contributed by atoms with Crippen LogP contribution in [-0.4, -0.2) is 88.5 Å². The minimum Gasteiger partial charge on any atom is -0.369 e. The molecule has 0 spiro atoms. The summed E-state index contributed by atoms with van der Waals surface area (Å²) in [5, 5.41) is 0. The van der Waals surface area contributed by atoms with Crippen LogP contribution in [0.4, 0.5) is 11.8 Å². The largest absolute Gasteiger partial charge is 0.472 e. The first kappa shape index (κ1) is 28.6. The number of carbonyl (C=O) groups excluding carboxylic acids is 1. The van der Waals surface area contributed by atoms with Gasteiger partial charge in [-0.1, -0.05) is 0 Å². The predicted molar refractivity (Wildman–Crippen MR) is 140 cm³/mol. The Labute approximate surface area is 240 Å². The second-order valence-electron chi connectivity index (χ2n) is 10.1. The number of ether oxygens (including phenoxy) is 2. The molecule has 43 heavy (non-hydrogen) atoms. The summed E-state index contributed by atoms with van der Waals surface area (Å²) in [5.41, 5.74) is 5.14. The van der Waals surface area contributed by atoms with Crippen molar-refractivity contribution in [2.45, 2.75) is 56.1 Å². The standard InChI is InChI=1S/C21H24N8O12P2/c22-21-26-18-16(19(31)27-21)25-8-29(18)20-12-3-9(38-20)5-36-42(32,33)40-11-4-14(39-13(11)6-37-43(34,35)41-12)28-7-24-15-10(30)1-2-23-17(15)28/h2,7-9,11-14,20H,1,3-6H2,(H,32,33)(H,34,35)(H3,22,26,27,31)/t9-,11-,12+,13+,14+,20+/m0/s1. The summed E-state index contributed by atoms with van der Waals surface area (Å²) in [5.74, 6) is -0.202. The first-order valence-corrected chi connectivity index (χ1v) is 15.9. The third-order valence-electron chi connectivity index (χ3n) is 7.25. The van der Waals surface area contributed by atoms with E-state index in [1.165, 1.54) is 28.0 Å². The lowest BCUT2D eigenvalue weighted by Crippen LogP contribution is -2.29. The highest BCUT2D eigenvalue weighted by Gasteiger charge is 2.48. The smallest absolute Gasteiger partial charge is 0.369 e. The van der Waals surface area contributed by atoms with Crippen LogP contribution in [0, 0.1) is 0 Å². The van der Waals surface area contributed by atoms with Crippen LogP contribution in [0.5, 0.6) is 0 Å². The fourth-order valence-corrected chi connectivity index (χ4v) is 7.28. The second kappa shape index (κ2) is 10.5. The van der Waals surface area contributed by atoms with Crippen molar-refractivity contribution in [2.75, 3.05) is 18.9 Å². The summed E-state index contributed by atoms with van der Waals surface area (Å²) in [7, 11) is -9.57. The van der Waals surface area contributed by atoms with Gasteiger partial charge >= 0.3 is 15.6 Å². The normalized spacial score (nSPS) is 36.6. The van der Waals surface area contributed by atoms with Gasteiger partial charge in [-0.2, -0.15) is 4.98 Å². The number of nitrogens with two attached hydrogens (primary N) is 1. The van der Waals surface area contributed by atoms with Crippen LogP contribution in [-0.2, 0) is 36.7 Å². The molecule has 20 nitrogen and oxygen atoms in total.